The van der Waals surface area contributed by atoms with Gasteiger partial charge in [-0.05, 0) is 43.5 Å². The fourth-order valence-electron chi connectivity index (χ4n) is 3.41. The summed E-state index contributed by atoms with van der Waals surface area (Å²) in [5, 5.41) is 9.63. The van der Waals surface area contributed by atoms with Crippen LogP contribution in [-0.4, -0.2) is 43.6 Å². The molecule has 30 heavy (non-hydrogen) atoms. The first kappa shape index (κ1) is 21.5. The van der Waals surface area contributed by atoms with E-state index in [0.29, 0.717) is 25.7 Å². The maximum Gasteiger partial charge on any atom is 0.321 e. The number of benzene rings is 2. The largest absolute Gasteiger partial charge is 0.494 e. The molecular formula is C23H31N5O2. The van der Waals surface area contributed by atoms with Crippen molar-refractivity contribution in [2.45, 2.75) is 32.9 Å². The van der Waals surface area contributed by atoms with E-state index in [9.17, 15) is 4.79 Å². The first-order valence-electron chi connectivity index (χ1n) is 10.5. The molecule has 2 aromatic carbocycles. The molecule has 0 saturated carbocycles. The van der Waals surface area contributed by atoms with E-state index in [1.165, 1.54) is 0 Å². The third kappa shape index (κ3) is 6.14. The van der Waals surface area contributed by atoms with Gasteiger partial charge in [0.05, 0.1) is 6.61 Å². The first-order chi connectivity index (χ1) is 14.7. The van der Waals surface area contributed by atoms with Crippen molar-refractivity contribution in [2.24, 2.45) is 4.99 Å². The van der Waals surface area contributed by atoms with Gasteiger partial charge in [0.15, 0.2) is 5.96 Å². The summed E-state index contributed by atoms with van der Waals surface area (Å²) in [6.07, 6.45) is 2.16. The molecule has 1 fully saturated rings. The predicted octanol–water partition coefficient (Wildman–Crippen LogP) is 3.58. The van der Waals surface area contributed by atoms with Crippen LogP contribution in [0.1, 0.15) is 30.9 Å². The first-order valence-corrected chi connectivity index (χ1v) is 10.5. The number of anilines is 1. The SMILES string of the molecule is CCOc1ccccc1CNC(=NC)NCc1cccc(NC(=O)N2CCCC2)c1. The number of nitrogens with one attached hydrogen (secondary N) is 3. The van der Waals surface area contributed by atoms with E-state index in [1.807, 2.05) is 60.4 Å². The van der Waals surface area contributed by atoms with Crippen molar-refractivity contribution >= 4 is 17.7 Å². The summed E-state index contributed by atoms with van der Waals surface area (Å²) in [4.78, 5) is 18.4. The number of urea groups is 1. The maximum absolute atomic E-state index is 12.3. The molecule has 1 saturated heterocycles. The number of hydrogen-bond donors (Lipinski definition) is 3. The van der Waals surface area contributed by atoms with Gasteiger partial charge in [-0.3, -0.25) is 4.99 Å². The van der Waals surface area contributed by atoms with Gasteiger partial charge in [0.2, 0.25) is 0 Å². The Kier molecular flexibility index (Phi) is 7.94. The molecule has 2 amide bonds. The summed E-state index contributed by atoms with van der Waals surface area (Å²) in [6, 6.07) is 15.8. The lowest BCUT2D eigenvalue weighted by atomic mass is 10.2. The quantitative estimate of drug-likeness (QED) is 0.483. The normalized spacial score (nSPS) is 13.8. The number of guanidine groups is 1. The van der Waals surface area contributed by atoms with Crippen LogP contribution in [0.25, 0.3) is 0 Å². The van der Waals surface area contributed by atoms with Gasteiger partial charge in [-0.1, -0.05) is 30.3 Å². The second kappa shape index (κ2) is 11.1. The molecule has 0 aliphatic carbocycles. The van der Waals surface area contributed by atoms with E-state index in [4.69, 9.17) is 4.74 Å². The van der Waals surface area contributed by atoms with Crippen molar-refractivity contribution in [3.63, 3.8) is 0 Å². The number of rotatable bonds is 7. The number of carbonyl (C=O) groups excluding carboxylic acids is 1. The Bertz CT molecular complexity index is 862. The maximum atomic E-state index is 12.3. The molecule has 3 N–H and O–H groups in total. The third-order valence-electron chi connectivity index (χ3n) is 4.97. The number of aliphatic imine (C=N–C) groups is 1. The molecule has 7 heteroatoms. The van der Waals surface area contributed by atoms with Crippen molar-refractivity contribution in [1.29, 1.82) is 0 Å². The van der Waals surface area contributed by atoms with E-state index in [0.717, 1.165) is 48.5 Å². The molecule has 0 unspecified atom stereocenters. The molecule has 1 aliphatic rings. The summed E-state index contributed by atoms with van der Waals surface area (Å²) in [6.45, 7) is 5.49. The third-order valence-corrected chi connectivity index (χ3v) is 4.97. The van der Waals surface area contributed by atoms with Crippen LogP contribution in [0.2, 0.25) is 0 Å². The van der Waals surface area contributed by atoms with Crippen molar-refractivity contribution in [3.05, 3.63) is 59.7 Å². The Hall–Kier alpha value is -3.22. The van der Waals surface area contributed by atoms with Crippen LogP contribution in [0.15, 0.2) is 53.5 Å². The zero-order valence-electron chi connectivity index (χ0n) is 17.8. The zero-order valence-corrected chi connectivity index (χ0v) is 17.8. The van der Waals surface area contributed by atoms with Crippen molar-refractivity contribution < 1.29 is 9.53 Å². The number of amides is 2. The van der Waals surface area contributed by atoms with Crippen LogP contribution in [0.5, 0.6) is 5.75 Å². The van der Waals surface area contributed by atoms with Gasteiger partial charge < -0.3 is 25.6 Å². The minimum absolute atomic E-state index is 0.0250. The van der Waals surface area contributed by atoms with Crippen LogP contribution in [0.3, 0.4) is 0 Å². The van der Waals surface area contributed by atoms with Crippen LogP contribution in [0, 0.1) is 0 Å². The molecule has 1 heterocycles. The van der Waals surface area contributed by atoms with Gasteiger partial charge in [0, 0.05) is 44.5 Å². The standard InChI is InChI=1S/C23H31N5O2/c1-3-30-21-12-5-4-10-19(21)17-26-22(24-2)25-16-18-9-8-11-20(15-18)27-23(29)28-13-6-7-14-28/h4-5,8-12,15H,3,6-7,13-14,16-17H2,1-2H3,(H,27,29)(H2,24,25,26). The van der Waals surface area contributed by atoms with Crippen LogP contribution >= 0.6 is 0 Å². The zero-order chi connectivity index (χ0) is 21.2. The summed E-state index contributed by atoms with van der Waals surface area (Å²) in [5.41, 5.74) is 2.94. The lowest BCUT2D eigenvalue weighted by Gasteiger charge is -2.17. The Morgan fingerprint density at radius 2 is 1.83 bits per heavy atom. The number of carbonyl (C=O) groups is 1. The number of para-hydroxylation sites is 1. The average molecular weight is 410 g/mol. The lowest BCUT2D eigenvalue weighted by molar-refractivity contribution is 0.222. The van der Waals surface area contributed by atoms with Crippen molar-refractivity contribution in [2.75, 3.05) is 32.1 Å². The Labute approximate surface area is 178 Å². The molecule has 1 aliphatic heterocycles. The lowest BCUT2D eigenvalue weighted by Crippen LogP contribution is -2.36. The molecule has 160 valence electrons. The Balaban J connectivity index is 1.52. The highest BCUT2D eigenvalue weighted by Gasteiger charge is 2.17. The average Bonchev–Trinajstić information content (AvgIpc) is 3.30. The summed E-state index contributed by atoms with van der Waals surface area (Å²) in [5.74, 6) is 1.58. The van der Waals surface area contributed by atoms with Crippen LogP contribution < -0.4 is 20.7 Å². The monoisotopic (exact) mass is 409 g/mol. The Morgan fingerprint density at radius 1 is 1.07 bits per heavy atom. The van der Waals surface area contributed by atoms with E-state index >= 15 is 0 Å². The summed E-state index contributed by atoms with van der Waals surface area (Å²) >= 11 is 0. The van der Waals surface area contributed by atoms with Gasteiger partial charge in [-0.2, -0.15) is 0 Å². The number of hydrogen-bond acceptors (Lipinski definition) is 3. The highest BCUT2D eigenvalue weighted by atomic mass is 16.5. The van der Waals surface area contributed by atoms with E-state index in [-0.39, 0.29) is 6.03 Å². The second-order valence-electron chi connectivity index (χ2n) is 7.14. The van der Waals surface area contributed by atoms with Crippen LogP contribution in [-0.2, 0) is 13.1 Å². The fraction of sp³-hybridized carbons (Fsp3) is 0.391. The van der Waals surface area contributed by atoms with E-state index in [2.05, 4.69) is 20.9 Å². The number of nitrogens with zero attached hydrogens (tertiary/aromatic N) is 2. The molecule has 0 atom stereocenters. The molecule has 0 radical (unpaired) electrons. The van der Waals surface area contributed by atoms with Gasteiger partial charge >= 0.3 is 6.03 Å². The van der Waals surface area contributed by atoms with Crippen LogP contribution in [0.4, 0.5) is 10.5 Å². The van der Waals surface area contributed by atoms with Gasteiger partial charge in [-0.25, -0.2) is 4.79 Å². The fourth-order valence-corrected chi connectivity index (χ4v) is 3.41. The minimum Gasteiger partial charge on any atom is -0.494 e. The Morgan fingerprint density at radius 3 is 2.60 bits per heavy atom. The highest BCUT2D eigenvalue weighted by Crippen LogP contribution is 2.17. The predicted molar refractivity (Wildman–Crippen MR) is 121 cm³/mol. The molecule has 3 rings (SSSR count). The van der Waals surface area contributed by atoms with Gasteiger partial charge in [0.25, 0.3) is 0 Å². The number of likely N-dealkylation sites (tertiary alicyclic amines) is 1. The molecule has 0 spiro atoms. The molecule has 0 aromatic heterocycles. The molecular weight excluding hydrogens is 378 g/mol. The highest BCUT2D eigenvalue weighted by molar-refractivity contribution is 5.89. The minimum atomic E-state index is -0.0250. The number of ether oxygens (including phenoxy) is 1. The topological polar surface area (TPSA) is 78.0 Å². The van der Waals surface area contributed by atoms with E-state index < -0.39 is 0 Å². The molecule has 7 nitrogen and oxygen atoms in total. The van der Waals surface area contributed by atoms with Crippen molar-refractivity contribution in [1.82, 2.24) is 15.5 Å². The molecule has 0 bridgehead atoms. The summed E-state index contributed by atoms with van der Waals surface area (Å²) in [7, 11) is 1.75. The summed E-state index contributed by atoms with van der Waals surface area (Å²) < 4.78 is 5.68. The van der Waals surface area contributed by atoms with Gasteiger partial charge in [-0.15, -0.1) is 0 Å². The smallest absolute Gasteiger partial charge is 0.321 e. The van der Waals surface area contributed by atoms with E-state index in [1.54, 1.807) is 7.05 Å². The van der Waals surface area contributed by atoms with Crippen molar-refractivity contribution in [3.8, 4) is 5.75 Å². The second-order valence-corrected chi connectivity index (χ2v) is 7.14. The molecule has 2 aromatic rings. The van der Waals surface area contributed by atoms with Gasteiger partial charge in [0.1, 0.15) is 5.75 Å².